The Balaban J connectivity index is 0.000000980. The van der Waals surface area contributed by atoms with E-state index in [9.17, 15) is 10.2 Å². The lowest BCUT2D eigenvalue weighted by Crippen LogP contribution is -3.08. The highest BCUT2D eigenvalue weighted by atomic mass is 35.5. The van der Waals surface area contributed by atoms with E-state index < -0.39 is 0 Å². The molecular formula is C10H14ClNO2. The zero-order chi connectivity index (χ0) is 9.42. The molecule has 0 aliphatic carbocycles. The normalized spacial score (nSPS) is 19.6. The van der Waals surface area contributed by atoms with Crippen molar-refractivity contribution in [1.82, 2.24) is 0 Å². The van der Waals surface area contributed by atoms with Gasteiger partial charge in [0.05, 0.1) is 13.6 Å². The molecule has 3 nitrogen and oxygen atoms in total. The summed E-state index contributed by atoms with van der Waals surface area (Å²) in [6.45, 7) is 1.95. The maximum absolute atomic E-state index is 9.57. The van der Waals surface area contributed by atoms with E-state index in [-0.39, 0.29) is 23.9 Å². The van der Waals surface area contributed by atoms with Crippen LogP contribution in [0.2, 0.25) is 0 Å². The molecule has 0 radical (unpaired) electrons. The Bertz CT molecular complexity index is 341. The Morgan fingerprint density at radius 3 is 2.71 bits per heavy atom. The number of hydrogen-bond donors (Lipinski definition) is 3. The van der Waals surface area contributed by atoms with E-state index in [1.54, 1.807) is 6.07 Å². The molecule has 0 fully saturated rings. The van der Waals surface area contributed by atoms with Crippen LogP contribution in [0, 0.1) is 0 Å². The molecule has 1 unspecified atom stereocenters. The first kappa shape index (κ1) is 11.1. The summed E-state index contributed by atoms with van der Waals surface area (Å²) < 4.78 is 0. The van der Waals surface area contributed by atoms with Gasteiger partial charge in [-0.15, -0.1) is 0 Å². The van der Waals surface area contributed by atoms with Crippen molar-refractivity contribution in [3.63, 3.8) is 0 Å². The van der Waals surface area contributed by atoms with Gasteiger partial charge in [0.1, 0.15) is 6.54 Å². The summed E-state index contributed by atoms with van der Waals surface area (Å²) >= 11 is 0. The minimum Gasteiger partial charge on any atom is -1.00 e. The number of phenols is 2. The van der Waals surface area contributed by atoms with Gasteiger partial charge >= 0.3 is 0 Å². The minimum absolute atomic E-state index is 0. The minimum atomic E-state index is -0.00157. The van der Waals surface area contributed by atoms with Crippen LogP contribution in [0.3, 0.4) is 0 Å². The molecule has 4 heteroatoms. The monoisotopic (exact) mass is 215 g/mol. The molecule has 3 N–H and O–H groups in total. The summed E-state index contributed by atoms with van der Waals surface area (Å²) in [5.41, 5.74) is 2.07. The molecule has 0 amide bonds. The third-order valence-electron chi connectivity index (χ3n) is 2.65. The molecule has 0 aromatic heterocycles. The number of nitrogens with one attached hydrogen (secondary N) is 1. The summed E-state index contributed by atoms with van der Waals surface area (Å²) in [5.74, 6) is 0.0725. The van der Waals surface area contributed by atoms with E-state index in [0.717, 1.165) is 30.6 Å². The Morgan fingerprint density at radius 1 is 1.29 bits per heavy atom. The highest BCUT2D eigenvalue weighted by Crippen LogP contribution is 2.31. The van der Waals surface area contributed by atoms with Crippen LogP contribution in [0.25, 0.3) is 0 Å². The molecule has 0 spiro atoms. The van der Waals surface area contributed by atoms with Crippen LogP contribution in [0.5, 0.6) is 11.5 Å². The van der Waals surface area contributed by atoms with Crippen molar-refractivity contribution in [3.8, 4) is 11.5 Å². The Kier molecular flexibility index (Phi) is 3.24. The topological polar surface area (TPSA) is 44.9 Å². The van der Waals surface area contributed by atoms with Crippen molar-refractivity contribution in [2.45, 2.75) is 13.0 Å². The first-order valence-electron chi connectivity index (χ1n) is 4.52. The Hall–Kier alpha value is -0.930. The number of hydrogen-bond acceptors (Lipinski definition) is 2. The summed E-state index contributed by atoms with van der Waals surface area (Å²) in [6, 6.07) is 3.46. The van der Waals surface area contributed by atoms with E-state index in [4.69, 9.17) is 0 Å². The van der Waals surface area contributed by atoms with Crippen molar-refractivity contribution >= 4 is 0 Å². The van der Waals surface area contributed by atoms with Crippen LogP contribution < -0.4 is 17.3 Å². The van der Waals surface area contributed by atoms with Crippen LogP contribution >= 0.6 is 0 Å². The predicted molar refractivity (Wildman–Crippen MR) is 48.9 cm³/mol. The highest BCUT2D eigenvalue weighted by molar-refractivity contribution is 5.49. The fraction of sp³-hybridized carbons (Fsp3) is 0.400. The lowest BCUT2D eigenvalue weighted by atomic mass is 9.99. The molecule has 1 aromatic carbocycles. The van der Waals surface area contributed by atoms with E-state index in [0.29, 0.717) is 0 Å². The molecule has 0 saturated carbocycles. The summed E-state index contributed by atoms with van der Waals surface area (Å²) in [7, 11) is 2.13. The van der Waals surface area contributed by atoms with Gasteiger partial charge < -0.3 is 27.5 Å². The third kappa shape index (κ3) is 1.79. The highest BCUT2D eigenvalue weighted by Gasteiger charge is 2.20. The maximum atomic E-state index is 9.57. The number of halogens is 1. The fourth-order valence-corrected chi connectivity index (χ4v) is 1.86. The standard InChI is InChI=1S/C10H13NO2.ClH/c1-11-5-4-8-7(6-11)2-3-9(12)10(8)13;/h2-3,12-13H,4-6H2,1H3;1H. The second-order valence-electron chi connectivity index (χ2n) is 3.70. The SMILES string of the molecule is C[NH+]1CCc2c(ccc(O)c2O)C1.[Cl-]. The van der Waals surface area contributed by atoms with Crippen LogP contribution in [0.1, 0.15) is 11.1 Å². The molecule has 14 heavy (non-hydrogen) atoms. The van der Waals surface area contributed by atoms with Gasteiger partial charge in [0.15, 0.2) is 11.5 Å². The maximum Gasteiger partial charge on any atom is 0.161 e. The van der Waals surface area contributed by atoms with Gasteiger partial charge in [0.2, 0.25) is 0 Å². The van der Waals surface area contributed by atoms with Gasteiger partial charge in [-0.25, -0.2) is 0 Å². The van der Waals surface area contributed by atoms with Crippen molar-refractivity contribution in [2.75, 3.05) is 13.6 Å². The number of likely N-dealkylation sites (N-methyl/N-ethyl adjacent to an activating group) is 1. The summed E-state index contributed by atoms with van der Waals surface area (Å²) in [5, 5.41) is 18.9. The summed E-state index contributed by atoms with van der Waals surface area (Å²) in [4.78, 5) is 1.44. The first-order valence-corrected chi connectivity index (χ1v) is 4.52. The Labute approximate surface area is 89.4 Å². The van der Waals surface area contributed by atoms with Crippen LogP contribution in [0.15, 0.2) is 12.1 Å². The van der Waals surface area contributed by atoms with Crippen LogP contribution in [-0.2, 0) is 13.0 Å². The van der Waals surface area contributed by atoms with Gasteiger partial charge in [0.25, 0.3) is 0 Å². The van der Waals surface area contributed by atoms with E-state index >= 15 is 0 Å². The fourth-order valence-electron chi connectivity index (χ4n) is 1.86. The van der Waals surface area contributed by atoms with Gasteiger partial charge in [-0.2, -0.15) is 0 Å². The zero-order valence-electron chi connectivity index (χ0n) is 8.05. The molecule has 1 atom stereocenters. The van der Waals surface area contributed by atoms with Gasteiger partial charge in [-0.05, 0) is 12.1 Å². The first-order chi connectivity index (χ1) is 6.18. The number of benzene rings is 1. The lowest BCUT2D eigenvalue weighted by Gasteiger charge is -2.22. The summed E-state index contributed by atoms with van der Waals surface area (Å²) in [6.07, 6.45) is 0.849. The number of quaternary nitrogens is 1. The largest absolute Gasteiger partial charge is 1.00 e. The van der Waals surface area contributed by atoms with Crippen molar-refractivity contribution in [3.05, 3.63) is 23.3 Å². The van der Waals surface area contributed by atoms with Crippen LogP contribution in [0.4, 0.5) is 0 Å². The number of fused-ring (bicyclic) bond motifs is 1. The van der Waals surface area contributed by atoms with Gasteiger partial charge in [-0.3, -0.25) is 0 Å². The Morgan fingerprint density at radius 2 is 2.00 bits per heavy atom. The molecule has 1 heterocycles. The molecule has 0 bridgehead atoms. The second kappa shape index (κ2) is 4.07. The molecule has 1 aliphatic heterocycles. The average Bonchev–Trinajstić information content (AvgIpc) is 2.12. The van der Waals surface area contributed by atoms with Crippen LogP contribution in [-0.4, -0.2) is 23.8 Å². The molecule has 78 valence electrons. The number of aromatic hydroxyl groups is 2. The van der Waals surface area contributed by atoms with E-state index in [2.05, 4.69) is 7.05 Å². The molecule has 0 saturated heterocycles. The van der Waals surface area contributed by atoms with Gasteiger partial charge in [0, 0.05) is 17.5 Å². The van der Waals surface area contributed by atoms with Crippen molar-refractivity contribution in [1.29, 1.82) is 0 Å². The smallest absolute Gasteiger partial charge is 0.161 e. The molecule has 2 rings (SSSR count). The zero-order valence-corrected chi connectivity index (χ0v) is 8.80. The van der Waals surface area contributed by atoms with E-state index in [1.165, 1.54) is 4.90 Å². The quantitative estimate of drug-likeness (QED) is 0.397. The number of rotatable bonds is 0. The predicted octanol–water partition coefficient (Wildman–Crippen LogP) is -3.33. The van der Waals surface area contributed by atoms with Gasteiger partial charge in [-0.1, -0.05) is 0 Å². The van der Waals surface area contributed by atoms with Crippen molar-refractivity contribution < 1.29 is 27.5 Å². The molecular weight excluding hydrogens is 202 g/mol. The second-order valence-corrected chi connectivity index (χ2v) is 3.70. The van der Waals surface area contributed by atoms with Crippen molar-refractivity contribution in [2.24, 2.45) is 0 Å². The van der Waals surface area contributed by atoms with E-state index in [1.807, 2.05) is 6.07 Å². The molecule has 1 aliphatic rings. The lowest BCUT2D eigenvalue weighted by molar-refractivity contribution is -0.895. The third-order valence-corrected chi connectivity index (χ3v) is 2.65. The average molecular weight is 216 g/mol. The molecule has 1 aromatic rings. The number of phenolic OH excluding ortho intramolecular Hbond substituents is 2.